The summed E-state index contributed by atoms with van der Waals surface area (Å²) in [6, 6.07) is 13.0. The number of nitrogens with two attached hydrogens (primary N) is 1. The lowest BCUT2D eigenvalue weighted by atomic mass is 10.2. The molecule has 0 aliphatic carbocycles. The van der Waals surface area contributed by atoms with Gasteiger partial charge in [-0.3, -0.25) is 4.79 Å². The molecule has 0 atom stereocenters. The van der Waals surface area contributed by atoms with Crippen LogP contribution < -0.4 is 15.2 Å². The molecule has 0 bridgehead atoms. The highest BCUT2D eigenvalue weighted by Crippen LogP contribution is 2.14. The lowest BCUT2D eigenvalue weighted by molar-refractivity contribution is -0.111. The predicted molar refractivity (Wildman–Crippen MR) is 93.1 cm³/mol. The van der Waals surface area contributed by atoms with E-state index in [1.54, 1.807) is 6.08 Å². The summed E-state index contributed by atoms with van der Waals surface area (Å²) < 4.78 is 27.7. The normalized spacial score (nSPS) is 11.4. The summed E-state index contributed by atoms with van der Waals surface area (Å²) in [7, 11) is -3.74. The molecule has 0 aromatic heterocycles. The van der Waals surface area contributed by atoms with E-state index in [1.165, 1.54) is 30.3 Å². The maximum atomic E-state index is 11.9. The summed E-state index contributed by atoms with van der Waals surface area (Å²) in [6.07, 6.45) is 3.06. The zero-order valence-corrected chi connectivity index (χ0v) is 13.9. The van der Waals surface area contributed by atoms with Crippen LogP contribution in [0.25, 0.3) is 6.08 Å². The lowest BCUT2D eigenvalue weighted by Crippen LogP contribution is -2.12. The third kappa shape index (κ3) is 5.22. The van der Waals surface area contributed by atoms with Crippen LogP contribution in [0, 0.1) is 0 Å². The molecule has 126 valence electrons. The Morgan fingerprint density at radius 1 is 1.12 bits per heavy atom. The van der Waals surface area contributed by atoms with Crippen molar-refractivity contribution in [3.63, 3.8) is 0 Å². The Hall–Kier alpha value is -2.64. The van der Waals surface area contributed by atoms with Crippen molar-refractivity contribution in [1.82, 2.24) is 0 Å². The monoisotopic (exact) mass is 346 g/mol. The van der Waals surface area contributed by atoms with Crippen molar-refractivity contribution in [2.24, 2.45) is 5.14 Å². The van der Waals surface area contributed by atoms with E-state index in [1.807, 2.05) is 31.2 Å². The fraction of sp³-hybridized carbons (Fsp3) is 0.118. The van der Waals surface area contributed by atoms with Gasteiger partial charge in [-0.1, -0.05) is 12.1 Å². The van der Waals surface area contributed by atoms with E-state index in [2.05, 4.69) is 5.32 Å². The van der Waals surface area contributed by atoms with Crippen molar-refractivity contribution in [1.29, 1.82) is 0 Å². The number of hydrogen-bond acceptors (Lipinski definition) is 4. The highest BCUT2D eigenvalue weighted by molar-refractivity contribution is 7.89. The number of benzene rings is 2. The number of anilines is 1. The second kappa shape index (κ2) is 7.76. The van der Waals surface area contributed by atoms with Gasteiger partial charge in [0.25, 0.3) is 0 Å². The molecule has 0 unspecified atom stereocenters. The van der Waals surface area contributed by atoms with Crippen LogP contribution >= 0.6 is 0 Å². The number of ether oxygens (including phenoxy) is 1. The summed E-state index contributed by atoms with van der Waals surface area (Å²) in [6.45, 7) is 2.51. The molecular formula is C17H18N2O4S. The third-order valence-electron chi connectivity index (χ3n) is 3.07. The molecule has 0 saturated heterocycles. The average Bonchev–Trinajstić information content (AvgIpc) is 2.54. The zero-order valence-electron chi connectivity index (χ0n) is 13.1. The Kier molecular flexibility index (Phi) is 5.73. The molecule has 0 heterocycles. The highest BCUT2D eigenvalue weighted by Gasteiger charge is 2.07. The molecule has 0 fully saturated rings. The number of nitrogens with one attached hydrogen (secondary N) is 1. The van der Waals surface area contributed by atoms with Crippen molar-refractivity contribution < 1.29 is 17.9 Å². The maximum Gasteiger partial charge on any atom is 0.248 e. The van der Waals surface area contributed by atoms with Crippen molar-refractivity contribution in [2.75, 3.05) is 11.9 Å². The van der Waals surface area contributed by atoms with E-state index in [0.717, 1.165) is 11.3 Å². The lowest BCUT2D eigenvalue weighted by Gasteiger charge is -2.04. The molecule has 2 aromatic carbocycles. The van der Waals surface area contributed by atoms with E-state index in [-0.39, 0.29) is 10.8 Å². The van der Waals surface area contributed by atoms with Gasteiger partial charge in [0.15, 0.2) is 0 Å². The molecule has 6 nitrogen and oxygen atoms in total. The van der Waals surface area contributed by atoms with Gasteiger partial charge < -0.3 is 10.1 Å². The van der Waals surface area contributed by atoms with Gasteiger partial charge in [-0.05, 0) is 55.0 Å². The first-order valence-electron chi connectivity index (χ1n) is 7.23. The molecule has 7 heteroatoms. The van der Waals surface area contributed by atoms with Gasteiger partial charge >= 0.3 is 0 Å². The zero-order chi connectivity index (χ0) is 17.6. The molecule has 0 aliphatic rings. The van der Waals surface area contributed by atoms with Crippen LogP contribution in [-0.4, -0.2) is 20.9 Å². The number of amides is 1. The molecule has 2 aromatic rings. The molecule has 1 amide bonds. The smallest absolute Gasteiger partial charge is 0.248 e. The van der Waals surface area contributed by atoms with Crippen LogP contribution in [-0.2, 0) is 14.8 Å². The second-order valence-electron chi connectivity index (χ2n) is 4.89. The predicted octanol–water partition coefficient (Wildman–Crippen LogP) is 2.38. The molecule has 0 spiro atoms. The van der Waals surface area contributed by atoms with Crippen LogP contribution in [0.3, 0.4) is 0 Å². The Labute approximate surface area is 141 Å². The standard InChI is InChI=1S/C17H18N2O4S/c1-2-23-15-8-3-13(4-9-15)5-12-17(20)19-14-6-10-16(11-7-14)24(18,21)22/h3-12H,2H2,1H3,(H,19,20)(H2,18,21,22). The summed E-state index contributed by atoms with van der Waals surface area (Å²) >= 11 is 0. The summed E-state index contributed by atoms with van der Waals surface area (Å²) in [5.74, 6) is 0.446. The number of sulfonamides is 1. The SMILES string of the molecule is CCOc1ccc(C=CC(=O)Nc2ccc(S(N)(=O)=O)cc2)cc1. The fourth-order valence-electron chi connectivity index (χ4n) is 1.93. The Bertz CT molecular complexity index is 826. The quantitative estimate of drug-likeness (QED) is 0.785. The van der Waals surface area contributed by atoms with E-state index < -0.39 is 10.0 Å². The topological polar surface area (TPSA) is 98.5 Å². The van der Waals surface area contributed by atoms with Gasteiger partial charge in [0.05, 0.1) is 11.5 Å². The van der Waals surface area contributed by atoms with Crippen molar-refractivity contribution >= 4 is 27.7 Å². The maximum absolute atomic E-state index is 11.9. The Balaban J connectivity index is 1.97. The summed E-state index contributed by atoms with van der Waals surface area (Å²) in [5, 5.41) is 7.65. The van der Waals surface area contributed by atoms with Crippen molar-refractivity contribution in [2.45, 2.75) is 11.8 Å². The number of primary sulfonamides is 1. The summed E-state index contributed by atoms with van der Waals surface area (Å²) in [4.78, 5) is 11.9. The first kappa shape index (κ1) is 17.7. The van der Waals surface area contributed by atoms with Gasteiger partial charge in [0, 0.05) is 11.8 Å². The van der Waals surface area contributed by atoms with Gasteiger partial charge in [-0.2, -0.15) is 0 Å². The first-order chi connectivity index (χ1) is 11.4. The first-order valence-corrected chi connectivity index (χ1v) is 8.78. The molecular weight excluding hydrogens is 328 g/mol. The van der Waals surface area contributed by atoms with Crippen LogP contribution in [0.1, 0.15) is 12.5 Å². The highest BCUT2D eigenvalue weighted by atomic mass is 32.2. The van der Waals surface area contributed by atoms with E-state index in [9.17, 15) is 13.2 Å². The van der Waals surface area contributed by atoms with Crippen LogP contribution in [0.15, 0.2) is 59.5 Å². The van der Waals surface area contributed by atoms with Crippen LogP contribution in [0.5, 0.6) is 5.75 Å². The van der Waals surface area contributed by atoms with Gasteiger partial charge in [0.1, 0.15) is 5.75 Å². The molecule has 0 saturated carbocycles. The third-order valence-corrected chi connectivity index (χ3v) is 4.00. The Morgan fingerprint density at radius 3 is 2.29 bits per heavy atom. The molecule has 0 radical (unpaired) electrons. The van der Waals surface area contributed by atoms with Crippen molar-refractivity contribution in [3.05, 3.63) is 60.2 Å². The van der Waals surface area contributed by atoms with Gasteiger partial charge in [0.2, 0.25) is 15.9 Å². The van der Waals surface area contributed by atoms with Crippen LogP contribution in [0.4, 0.5) is 5.69 Å². The number of hydrogen-bond donors (Lipinski definition) is 2. The number of carbonyl (C=O) groups excluding carboxylic acids is 1. The van der Waals surface area contributed by atoms with E-state index >= 15 is 0 Å². The minimum absolute atomic E-state index is 0.00886. The van der Waals surface area contributed by atoms with E-state index in [0.29, 0.717) is 12.3 Å². The summed E-state index contributed by atoms with van der Waals surface area (Å²) in [5.41, 5.74) is 1.34. The molecule has 24 heavy (non-hydrogen) atoms. The number of rotatable bonds is 6. The average molecular weight is 346 g/mol. The van der Waals surface area contributed by atoms with Crippen LogP contribution in [0.2, 0.25) is 0 Å². The minimum Gasteiger partial charge on any atom is -0.494 e. The van der Waals surface area contributed by atoms with Gasteiger partial charge in [-0.15, -0.1) is 0 Å². The van der Waals surface area contributed by atoms with Crippen molar-refractivity contribution in [3.8, 4) is 5.75 Å². The van der Waals surface area contributed by atoms with E-state index in [4.69, 9.17) is 9.88 Å². The molecule has 0 aliphatic heterocycles. The number of carbonyl (C=O) groups is 1. The molecule has 2 rings (SSSR count). The Morgan fingerprint density at radius 2 is 1.75 bits per heavy atom. The second-order valence-corrected chi connectivity index (χ2v) is 6.46. The minimum atomic E-state index is -3.74. The fourth-order valence-corrected chi connectivity index (χ4v) is 2.44. The largest absolute Gasteiger partial charge is 0.494 e. The molecule has 3 N–H and O–H groups in total. The van der Waals surface area contributed by atoms with Gasteiger partial charge in [-0.25, -0.2) is 13.6 Å².